The number of hydrogen-bond donors (Lipinski definition) is 0. The molecular weight excluding hydrogens is 296 g/mol. The molecule has 0 aliphatic heterocycles. The molecule has 0 saturated carbocycles. The first kappa shape index (κ1) is 13.3. The number of halogens is 1. The molecule has 0 amide bonds. The Kier molecular flexibility index (Phi) is 3.32. The summed E-state index contributed by atoms with van der Waals surface area (Å²) >= 11 is 3.36. The predicted molar refractivity (Wildman–Crippen MR) is 71.5 cm³/mol. The van der Waals surface area contributed by atoms with Crippen LogP contribution in [0.15, 0.2) is 22.7 Å². The lowest BCUT2D eigenvalue weighted by Crippen LogP contribution is -2.31. The Balaban J connectivity index is 2.21. The molecule has 0 spiro atoms. The predicted octanol–water partition coefficient (Wildman–Crippen LogP) is 3.15. The summed E-state index contributed by atoms with van der Waals surface area (Å²) in [6, 6.07) is 5.46. The molecule has 1 aliphatic rings. The van der Waals surface area contributed by atoms with Gasteiger partial charge in [0, 0.05) is 10.0 Å². The molecule has 96 valence electrons. The lowest BCUT2D eigenvalue weighted by molar-refractivity contribution is -0.157. The Hall–Kier alpha value is -1.16. The molecular formula is C14H15BrO3. The molecule has 1 aromatic rings. The van der Waals surface area contributed by atoms with Crippen molar-refractivity contribution in [2.24, 2.45) is 5.92 Å². The maximum atomic E-state index is 12.1. The van der Waals surface area contributed by atoms with Crippen LogP contribution in [-0.4, -0.2) is 17.4 Å². The smallest absolute Gasteiger partial charge is 0.317 e. The summed E-state index contributed by atoms with van der Waals surface area (Å²) in [4.78, 5) is 24.1. The number of fused-ring (bicyclic) bond motifs is 1. The molecule has 0 aromatic heterocycles. The number of esters is 1. The van der Waals surface area contributed by atoms with E-state index >= 15 is 0 Å². The minimum Gasteiger partial charge on any atom is -0.459 e. The fourth-order valence-electron chi connectivity index (χ4n) is 2.04. The van der Waals surface area contributed by atoms with Crippen molar-refractivity contribution in [2.75, 3.05) is 0 Å². The van der Waals surface area contributed by atoms with E-state index < -0.39 is 17.5 Å². The molecule has 18 heavy (non-hydrogen) atoms. The third kappa shape index (κ3) is 2.64. The SMILES string of the molecule is CC(C)(C)OC(=O)C1Cc2cc(Br)ccc2C1=O. The second-order valence-electron chi connectivity index (χ2n) is 5.46. The van der Waals surface area contributed by atoms with Crippen LogP contribution in [0.2, 0.25) is 0 Å². The monoisotopic (exact) mass is 310 g/mol. The number of carbonyl (C=O) groups excluding carboxylic acids is 2. The Morgan fingerprint density at radius 3 is 2.67 bits per heavy atom. The molecule has 4 heteroatoms. The lowest BCUT2D eigenvalue weighted by Gasteiger charge is -2.21. The van der Waals surface area contributed by atoms with Crippen molar-refractivity contribution < 1.29 is 14.3 Å². The van der Waals surface area contributed by atoms with E-state index in [9.17, 15) is 9.59 Å². The second-order valence-corrected chi connectivity index (χ2v) is 6.37. The molecule has 0 saturated heterocycles. The zero-order valence-electron chi connectivity index (χ0n) is 10.6. The van der Waals surface area contributed by atoms with Gasteiger partial charge in [-0.3, -0.25) is 9.59 Å². The number of Topliss-reactive ketones (excluding diaryl/α,β-unsaturated/α-hetero) is 1. The van der Waals surface area contributed by atoms with Gasteiger partial charge in [0.1, 0.15) is 11.5 Å². The summed E-state index contributed by atoms with van der Waals surface area (Å²) in [6.07, 6.45) is 0.433. The van der Waals surface area contributed by atoms with Gasteiger partial charge in [0.2, 0.25) is 0 Å². The quantitative estimate of drug-likeness (QED) is 0.591. The van der Waals surface area contributed by atoms with Crippen LogP contribution in [0.3, 0.4) is 0 Å². The first-order chi connectivity index (χ1) is 8.28. The molecule has 1 unspecified atom stereocenters. The number of ketones is 1. The van der Waals surface area contributed by atoms with Crippen LogP contribution in [0, 0.1) is 5.92 Å². The number of benzene rings is 1. The van der Waals surface area contributed by atoms with E-state index in [-0.39, 0.29) is 5.78 Å². The Bertz CT molecular complexity index is 514. The zero-order chi connectivity index (χ0) is 13.5. The molecule has 2 rings (SSSR count). The number of rotatable bonds is 1. The van der Waals surface area contributed by atoms with Crippen LogP contribution in [0.1, 0.15) is 36.7 Å². The number of ether oxygens (including phenoxy) is 1. The van der Waals surface area contributed by atoms with Crippen LogP contribution in [0.5, 0.6) is 0 Å². The van der Waals surface area contributed by atoms with Crippen molar-refractivity contribution in [2.45, 2.75) is 32.8 Å². The topological polar surface area (TPSA) is 43.4 Å². The van der Waals surface area contributed by atoms with Crippen LogP contribution in [0.4, 0.5) is 0 Å². The second kappa shape index (κ2) is 4.50. The third-order valence-corrected chi connectivity index (χ3v) is 3.26. The summed E-state index contributed by atoms with van der Waals surface area (Å²) in [5.41, 5.74) is 0.978. The average molecular weight is 311 g/mol. The molecule has 0 heterocycles. The largest absolute Gasteiger partial charge is 0.459 e. The van der Waals surface area contributed by atoms with Crippen LogP contribution in [-0.2, 0) is 16.0 Å². The van der Waals surface area contributed by atoms with E-state index in [1.807, 2.05) is 12.1 Å². The maximum absolute atomic E-state index is 12.1. The first-order valence-corrected chi connectivity index (χ1v) is 6.63. The van der Waals surface area contributed by atoms with E-state index in [1.165, 1.54) is 0 Å². The van der Waals surface area contributed by atoms with Crippen molar-refractivity contribution >= 4 is 27.7 Å². The molecule has 3 nitrogen and oxygen atoms in total. The summed E-state index contributed by atoms with van der Waals surface area (Å²) in [5, 5.41) is 0. The van der Waals surface area contributed by atoms with Gasteiger partial charge in [-0.1, -0.05) is 15.9 Å². The van der Waals surface area contributed by atoms with Crippen molar-refractivity contribution in [3.63, 3.8) is 0 Å². The first-order valence-electron chi connectivity index (χ1n) is 5.83. The molecule has 1 aromatic carbocycles. The Morgan fingerprint density at radius 1 is 1.39 bits per heavy atom. The van der Waals surface area contributed by atoms with Gasteiger partial charge in [-0.2, -0.15) is 0 Å². The fraction of sp³-hybridized carbons (Fsp3) is 0.429. The standard InChI is InChI=1S/C14H15BrO3/c1-14(2,3)18-13(17)11-7-8-6-9(15)4-5-10(8)12(11)16/h4-6,11H,7H2,1-3H3. The van der Waals surface area contributed by atoms with E-state index in [1.54, 1.807) is 26.8 Å². The van der Waals surface area contributed by atoms with Gasteiger partial charge in [-0.05, 0) is 51.0 Å². The minimum atomic E-state index is -0.687. The Morgan fingerprint density at radius 2 is 2.06 bits per heavy atom. The van der Waals surface area contributed by atoms with Crippen molar-refractivity contribution in [3.05, 3.63) is 33.8 Å². The highest BCUT2D eigenvalue weighted by atomic mass is 79.9. The van der Waals surface area contributed by atoms with Gasteiger partial charge in [-0.25, -0.2) is 0 Å². The summed E-state index contributed by atoms with van der Waals surface area (Å²) in [6.45, 7) is 5.40. The van der Waals surface area contributed by atoms with Gasteiger partial charge in [-0.15, -0.1) is 0 Å². The highest BCUT2D eigenvalue weighted by Crippen LogP contribution is 2.30. The fourth-order valence-corrected chi connectivity index (χ4v) is 2.44. The number of carbonyl (C=O) groups is 2. The van der Waals surface area contributed by atoms with E-state index in [0.717, 1.165) is 10.0 Å². The van der Waals surface area contributed by atoms with Gasteiger partial charge in [0.25, 0.3) is 0 Å². The molecule has 0 bridgehead atoms. The van der Waals surface area contributed by atoms with Crippen molar-refractivity contribution in [1.29, 1.82) is 0 Å². The number of hydrogen-bond acceptors (Lipinski definition) is 3. The molecule has 0 radical (unpaired) electrons. The summed E-state index contributed by atoms with van der Waals surface area (Å²) in [5.74, 6) is -1.25. The summed E-state index contributed by atoms with van der Waals surface area (Å²) in [7, 11) is 0. The van der Waals surface area contributed by atoms with E-state index in [0.29, 0.717) is 12.0 Å². The van der Waals surface area contributed by atoms with Gasteiger partial charge < -0.3 is 4.74 Å². The van der Waals surface area contributed by atoms with Crippen LogP contribution >= 0.6 is 15.9 Å². The lowest BCUT2D eigenvalue weighted by atomic mass is 10.1. The minimum absolute atomic E-state index is 0.133. The van der Waals surface area contributed by atoms with Crippen LogP contribution < -0.4 is 0 Å². The molecule has 0 fully saturated rings. The molecule has 0 N–H and O–H groups in total. The zero-order valence-corrected chi connectivity index (χ0v) is 12.2. The third-order valence-electron chi connectivity index (χ3n) is 2.76. The van der Waals surface area contributed by atoms with Gasteiger partial charge in [0.15, 0.2) is 5.78 Å². The van der Waals surface area contributed by atoms with Gasteiger partial charge in [0.05, 0.1) is 0 Å². The normalized spacial score (nSPS) is 18.7. The highest BCUT2D eigenvalue weighted by Gasteiger charge is 2.38. The van der Waals surface area contributed by atoms with Gasteiger partial charge >= 0.3 is 5.97 Å². The van der Waals surface area contributed by atoms with E-state index in [4.69, 9.17) is 4.74 Å². The molecule has 1 aliphatic carbocycles. The highest BCUT2D eigenvalue weighted by molar-refractivity contribution is 9.10. The van der Waals surface area contributed by atoms with Crippen LogP contribution in [0.25, 0.3) is 0 Å². The van der Waals surface area contributed by atoms with E-state index in [2.05, 4.69) is 15.9 Å². The molecule has 1 atom stereocenters. The maximum Gasteiger partial charge on any atom is 0.317 e. The summed E-state index contributed by atoms with van der Waals surface area (Å²) < 4.78 is 6.20. The average Bonchev–Trinajstić information content (AvgIpc) is 2.53. The van der Waals surface area contributed by atoms with Crippen molar-refractivity contribution in [1.82, 2.24) is 0 Å². The van der Waals surface area contributed by atoms with Crippen molar-refractivity contribution in [3.8, 4) is 0 Å². The Labute approximate surface area is 115 Å².